The highest BCUT2D eigenvalue weighted by Crippen LogP contribution is 2.15. The second kappa shape index (κ2) is 8.10. The molecule has 0 amide bonds. The van der Waals surface area contributed by atoms with Gasteiger partial charge in [-0.05, 0) is 44.3 Å². The fourth-order valence-corrected chi connectivity index (χ4v) is 2.97. The SMILES string of the molecule is CCCN(CCc1ccc([N+](=O)[O-])cc1)C1CCCNC1. The molecule has 0 aromatic heterocycles. The van der Waals surface area contributed by atoms with Crippen LogP contribution in [0.5, 0.6) is 0 Å². The first-order valence-electron chi connectivity index (χ1n) is 7.89. The maximum Gasteiger partial charge on any atom is 0.269 e. The molecule has 0 aliphatic carbocycles. The van der Waals surface area contributed by atoms with Crippen LogP contribution in [0.1, 0.15) is 31.7 Å². The highest BCUT2D eigenvalue weighted by atomic mass is 16.6. The molecule has 116 valence electrons. The topological polar surface area (TPSA) is 58.4 Å². The first-order chi connectivity index (χ1) is 10.2. The van der Waals surface area contributed by atoms with Crippen LogP contribution in [0.4, 0.5) is 5.69 Å². The fourth-order valence-electron chi connectivity index (χ4n) is 2.97. The van der Waals surface area contributed by atoms with Crippen LogP contribution in [0, 0.1) is 10.1 Å². The minimum absolute atomic E-state index is 0.167. The van der Waals surface area contributed by atoms with Crippen LogP contribution in [-0.2, 0) is 6.42 Å². The Labute approximate surface area is 126 Å². The first-order valence-corrected chi connectivity index (χ1v) is 7.89. The van der Waals surface area contributed by atoms with E-state index in [1.54, 1.807) is 12.1 Å². The standard InChI is InChI=1S/C16H25N3O2/c1-2-11-18(16-4-3-10-17-13-16)12-9-14-5-7-15(8-6-14)19(20)21/h5-8,16-17H,2-4,9-13H2,1H3. The Bertz CT molecular complexity index is 441. The molecule has 1 aliphatic rings. The van der Waals surface area contributed by atoms with Gasteiger partial charge >= 0.3 is 0 Å². The van der Waals surface area contributed by atoms with E-state index in [1.165, 1.54) is 18.4 Å². The van der Waals surface area contributed by atoms with E-state index in [9.17, 15) is 10.1 Å². The molecule has 1 atom stereocenters. The maximum atomic E-state index is 10.7. The lowest BCUT2D eigenvalue weighted by atomic mass is 10.0. The third kappa shape index (κ3) is 4.79. The minimum Gasteiger partial charge on any atom is -0.315 e. The molecule has 21 heavy (non-hydrogen) atoms. The van der Waals surface area contributed by atoms with Crippen LogP contribution in [0.25, 0.3) is 0 Å². The van der Waals surface area contributed by atoms with Gasteiger partial charge in [0.1, 0.15) is 0 Å². The van der Waals surface area contributed by atoms with Gasteiger partial charge in [0.15, 0.2) is 0 Å². The van der Waals surface area contributed by atoms with Gasteiger partial charge in [-0.2, -0.15) is 0 Å². The van der Waals surface area contributed by atoms with Gasteiger partial charge in [0.05, 0.1) is 4.92 Å². The number of rotatable bonds is 7. The molecule has 0 bridgehead atoms. The lowest BCUT2D eigenvalue weighted by Crippen LogP contribution is -2.47. The number of nitrogens with zero attached hydrogens (tertiary/aromatic N) is 2. The van der Waals surface area contributed by atoms with Crippen molar-refractivity contribution in [2.24, 2.45) is 0 Å². The van der Waals surface area contributed by atoms with E-state index in [2.05, 4.69) is 17.1 Å². The third-order valence-corrected chi connectivity index (χ3v) is 4.13. The molecule has 1 N–H and O–H groups in total. The summed E-state index contributed by atoms with van der Waals surface area (Å²) < 4.78 is 0. The zero-order valence-electron chi connectivity index (χ0n) is 12.8. The lowest BCUT2D eigenvalue weighted by Gasteiger charge is -2.34. The van der Waals surface area contributed by atoms with Crippen LogP contribution in [0.3, 0.4) is 0 Å². The van der Waals surface area contributed by atoms with Gasteiger partial charge in [0.2, 0.25) is 0 Å². The number of nitro groups is 1. The Morgan fingerprint density at radius 2 is 2.10 bits per heavy atom. The highest BCUT2D eigenvalue weighted by molar-refractivity contribution is 5.32. The molecule has 1 fully saturated rings. The molecular weight excluding hydrogens is 266 g/mol. The molecule has 1 saturated heterocycles. The number of nitro benzene ring substituents is 1. The number of benzene rings is 1. The molecule has 2 rings (SSSR count). The van der Waals surface area contributed by atoms with Crippen LogP contribution in [-0.4, -0.2) is 42.0 Å². The van der Waals surface area contributed by atoms with E-state index in [-0.39, 0.29) is 10.6 Å². The summed E-state index contributed by atoms with van der Waals surface area (Å²) in [5, 5.41) is 14.1. The molecule has 5 nitrogen and oxygen atoms in total. The van der Waals surface area contributed by atoms with Crippen molar-refractivity contribution in [2.75, 3.05) is 26.2 Å². The molecule has 1 aliphatic heterocycles. The van der Waals surface area contributed by atoms with Crippen LogP contribution < -0.4 is 5.32 Å². The minimum atomic E-state index is -0.346. The van der Waals surface area contributed by atoms with Crippen molar-refractivity contribution in [1.29, 1.82) is 0 Å². The average molecular weight is 291 g/mol. The average Bonchev–Trinajstić information content (AvgIpc) is 2.52. The zero-order chi connectivity index (χ0) is 15.1. The molecule has 1 heterocycles. The van der Waals surface area contributed by atoms with Crippen molar-refractivity contribution >= 4 is 5.69 Å². The van der Waals surface area contributed by atoms with Gasteiger partial charge in [0.25, 0.3) is 5.69 Å². The van der Waals surface area contributed by atoms with E-state index >= 15 is 0 Å². The first kappa shape index (κ1) is 15.9. The Morgan fingerprint density at radius 1 is 1.33 bits per heavy atom. The molecular formula is C16H25N3O2. The number of hydrogen-bond acceptors (Lipinski definition) is 4. The number of nitrogens with one attached hydrogen (secondary N) is 1. The summed E-state index contributed by atoms with van der Waals surface area (Å²) in [5.74, 6) is 0. The van der Waals surface area contributed by atoms with Gasteiger partial charge in [-0.1, -0.05) is 19.1 Å². The normalized spacial score (nSPS) is 18.9. The zero-order valence-corrected chi connectivity index (χ0v) is 12.8. The predicted octanol–water partition coefficient (Wildman–Crippen LogP) is 2.60. The molecule has 1 aromatic carbocycles. The van der Waals surface area contributed by atoms with Crippen molar-refractivity contribution in [1.82, 2.24) is 10.2 Å². The summed E-state index contributed by atoms with van der Waals surface area (Å²) in [7, 11) is 0. The Balaban J connectivity index is 1.89. The predicted molar refractivity (Wildman–Crippen MR) is 84.6 cm³/mol. The van der Waals surface area contributed by atoms with Gasteiger partial charge in [-0.15, -0.1) is 0 Å². The molecule has 0 spiro atoms. The van der Waals surface area contributed by atoms with Gasteiger partial charge in [0, 0.05) is 31.3 Å². The van der Waals surface area contributed by atoms with E-state index in [1.807, 2.05) is 12.1 Å². The van der Waals surface area contributed by atoms with E-state index in [0.717, 1.165) is 39.0 Å². The number of piperidine rings is 1. The summed E-state index contributed by atoms with van der Waals surface area (Å²) >= 11 is 0. The number of non-ortho nitro benzene ring substituents is 1. The smallest absolute Gasteiger partial charge is 0.269 e. The summed E-state index contributed by atoms with van der Waals surface area (Å²) in [4.78, 5) is 12.9. The van der Waals surface area contributed by atoms with Crippen LogP contribution in [0.2, 0.25) is 0 Å². The monoisotopic (exact) mass is 291 g/mol. The summed E-state index contributed by atoms with van der Waals surface area (Å²) in [5.41, 5.74) is 1.34. The quantitative estimate of drug-likeness (QED) is 0.619. The maximum absolute atomic E-state index is 10.7. The summed E-state index contributed by atoms with van der Waals surface area (Å²) in [6.45, 7) is 6.59. The van der Waals surface area contributed by atoms with Gasteiger partial charge in [-0.25, -0.2) is 0 Å². The van der Waals surface area contributed by atoms with Gasteiger partial charge in [-0.3, -0.25) is 15.0 Å². The van der Waals surface area contributed by atoms with Crippen molar-refractivity contribution in [3.63, 3.8) is 0 Å². The third-order valence-electron chi connectivity index (χ3n) is 4.13. The molecule has 1 unspecified atom stereocenters. The largest absolute Gasteiger partial charge is 0.315 e. The Kier molecular flexibility index (Phi) is 6.14. The van der Waals surface area contributed by atoms with Crippen molar-refractivity contribution in [2.45, 2.75) is 38.6 Å². The lowest BCUT2D eigenvalue weighted by molar-refractivity contribution is -0.384. The van der Waals surface area contributed by atoms with Crippen molar-refractivity contribution in [3.05, 3.63) is 39.9 Å². The molecule has 0 saturated carbocycles. The Hall–Kier alpha value is -1.46. The summed E-state index contributed by atoms with van der Waals surface area (Å²) in [6.07, 6.45) is 4.64. The molecule has 0 radical (unpaired) electrons. The number of hydrogen-bond donors (Lipinski definition) is 1. The van der Waals surface area contributed by atoms with E-state index < -0.39 is 0 Å². The Morgan fingerprint density at radius 3 is 2.67 bits per heavy atom. The van der Waals surface area contributed by atoms with Gasteiger partial charge < -0.3 is 5.32 Å². The van der Waals surface area contributed by atoms with E-state index in [4.69, 9.17) is 0 Å². The second-order valence-corrected chi connectivity index (χ2v) is 5.71. The van der Waals surface area contributed by atoms with Crippen molar-refractivity contribution in [3.8, 4) is 0 Å². The highest BCUT2D eigenvalue weighted by Gasteiger charge is 2.19. The van der Waals surface area contributed by atoms with E-state index in [0.29, 0.717) is 6.04 Å². The fraction of sp³-hybridized carbons (Fsp3) is 0.625. The molecule has 5 heteroatoms. The summed E-state index contributed by atoms with van der Waals surface area (Å²) in [6, 6.07) is 7.59. The second-order valence-electron chi connectivity index (χ2n) is 5.71. The van der Waals surface area contributed by atoms with Crippen molar-refractivity contribution < 1.29 is 4.92 Å². The molecule has 1 aromatic rings. The van der Waals surface area contributed by atoms with Crippen LogP contribution in [0.15, 0.2) is 24.3 Å². The van der Waals surface area contributed by atoms with Crippen LogP contribution >= 0.6 is 0 Å².